The van der Waals surface area contributed by atoms with E-state index in [0.717, 1.165) is 34.9 Å². The van der Waals surface area contributed by atoms with Crippen LogP contribution >= 0.6 is 0 Å². The average molecular weight is 335 g/mol. The van der Waals surface area contributed by atoms with Gasteiger partial charge in [0.15, 0.2) is 5.76 Å². The van der Waals surface area contributed by atoms with Crippen LogP contribution in [0.2, 0.25) is 0 Å². The Kier molecular flexibility index (Phi) is 5.89. The fraction of sp³-hybridized carbons (Fsp3) is 0.318. The molecule has 3 aromatic rings. The lowest BCUT2D eigenvalue weighted by Gasteiger charge is -2.02. The number of hydrogen-bond donors (Lipinski definition) is 1. The summed E-state index contributed by atoms with van der Waals surface area (Å²) < 4.78 is 5.78. The zero-order valence-electron chi connectivity index (χ0n) is 14.8. The molecular formula is C22H25NO2. The van der Waals surface area contributed by atoms with Gasteiger partial charge in [0, 0.05) is 11.9 Å². The Morgan fingerprint density at radius 3 is 2.52 bits per heavy atom. The van der Waals surface area contributed by atoms with Gasteiger partial charge in [-0.1, -0.05) is 75.1 Å². The second-order valence-electron chi connectivity index (χ2n) is 6.40. The van der Waals surface area contributed by atoms with Crippen LogP contribution in [0.5, 0.6) is 0 Å². The van der Waals surface area contributed by atoms with Crippen molar-refractivity contribution in [3.05, 3.63) is 60.4 Å². The first kappa shape index (κ1) is 17.3. The Hall–Kier alpha value is -2.55. The van der Waals surface area contributed by atoms with Crippen molar-refractivity contribution in [3.8, 4) is 11.1 Å². The number of unbranched alkanes of at least 4 members (excludes halogenated alkanes) is 4. The summed E-state index contributed by atoms with van der Waals surface area (Å²) in [6.45, 7) is 2.90. The highest BCUT2D eigenvalue weighted by molar-refractivity contribution is 5.96. The molecule has 0 fully saturated rings. The van der Waals surface area contributed by atoms with Gasteiger partial charge in [-0.2, -0.15) is 0 Å². The van der Waals surface area contributed by atoms with Crippen LogP contribution in [0.15, 0.2) is 59.0 Å². The van der Waals surface area contributed by atoms with Gasteiger partial charge in [0.05, 0.1) is 0 Å². The van der Waals surface area contributed by atoms with E-state index in [0.29, 0.717) is 12.3 Å². The van der Waals surface area contributed by atoms with Crippen molar-refractivity contribution in [1.29, 1.82) is 0 Å². The molecule has 0 saturated heterocycles. The first-order valence-electron chi connectivity index (χ1n) is 9.15. The van der Waals surface area contributed by atoms with E-state index < -0.39 is 0 Å². The zero-order chi connectivity index (χ0) is 17.5. The highest BCUT2D eigenvalue weighted by Crippen LogP contribution is 2.26. The van der Waals surface area contributed by atoms with Crippen molar-refractivity contribution in [2.45, 2.75) is 39.0 Å². The molecule has 130 valence electrons. The molecule has 0 saturated carbocycles. The quantitative estimate of drug-likeness (QED) is 0.529. The number of amides is 1. The van der Waals surface area contributed by atoms with Crippen LogP contribution in [-0.4, -0.2) is 12.5 Å². The van der Waals surface area contributed by atoms with Gasteiger partial charge >= 0.3 is 0 Å². The van der Waals surface area contributed by atoms with Gasteiger partial charge in [-0.05, 0) is 29.7 Å². The number of carbonyl (C=O) groups is 1. The number of rotatable bonds is 8. The Labute approximate surface area is 149 Å². The van der Waals surface area contributed by atoms with E-state index in [-0.39, 0.29) is 5.91 Å². The molecule has 1 heterocycles. The van der Waals surface area contributed by atoms with E-state index in [1.54, 1.807) is 0 Å². The van der Waals surface area contributed by atoms with Crippen LogP contribution in [-0.2, 0) is 0 Å². The average Bonchev–Trinajstić information content (AvgIpc) is 3.08. The van der Waals surface area contributed by atoms with Crippen molar-refractivity contribution in [3.63, 3.8) is 0 Å². The lowest BCUT2D eigenvalue weighted by molar-refractivity contribution is 0.0927. The summed E-state index contributed by atoms with van der Waals surface area (Å²) in [4.78, 5) is 12.3. The first-order chi connectivity index (χ1) is 12.3. The molecule has 25 heavy (non-hydrogen) atoms. The van der Waals surface area contributed by atoms with Gasteiger partial charge in [0.25, 0.3) is 5.91 Å². The Balaban J connectivity index is 1.64. The van der Waals surface area contributed by atoms with Crippen LogP contribution in [0, 0.1) is 0 Å². The molecular weight excluding hydrogens is 310 g/mol. The second kappa shape index (κ2) is 8.52. The molecule has 0 spiro atoms. The third kappa shape index (κ3) is 4.50. The number of benzene rings is 2. The summed E-state index contributed by atoms with van der Waals surface area (Å²) in [5.74, 6) is 0.252. The van der Waals surface area contributed by atoms with Gasteiger partial charge < -0.3 is 9.73 Å². The molecule has 0 atom stereocenters. The minimum Gasteiger partial charge on any atom is -0.451 e. The maximum Gasteiger partial charge on any atom is 0.287 e. The molecule has 3 nitrogen and oxygen atoms in total. The largest absolute Gasteiger partial charge is 0.451 e. The van der Waals surface area contributed by atoms with E-state index in [1.165, 1.54) is 19.3 Å². The summed E-state index contributed by atoms with van der Waals surface area (Å²) in [5.41, 5.74) is 2.97. The predicted octanol–water partition coefficient (Wildman–Crippen LogP) is 5.80. The van der Waals surface area contributed by atoms with Crippen LogP contribution in [0.4, 0.5) is 0 Å². The molecule has 3 heteroatoms. The molecule has 2 aromatic carbocycles. The fourth-order valence-corrected chi connectivity index (χ4v) is 2.97. The summed E-state index contributed by atoms with van der Waals surface area (Å²) in [7, 11) is 0. The van der Waals surface area contributed by atoms with E-state index in [4.69, 9.17) is 4.42 Å². The van der Waals surface area contributed by atoms with Gasteiger partial charge in [-0.25, -0.2) is 0 Å². The molecule has 0 aliphatic carbocycles. The molecule has 1 N–H and O–H groups in total. The van der Waals surface area contributed by atoms with Gasteiger partial charge in [0.2, 0.25) is 0 Å². The van der Waals surface area contributed by atoms with Gasteiger partial charge in [0.1, 0.15) is 5.58 Å². The summed E-state index contributed by atoms with van der Waals surface area (Å²) in [5, 5.41) is 3.90. The normalized spacial score (nSPS) is 10.9. The highest BCUT2D eigenvalue weighted by atomic mass is 16.3. The summed E-state index contributed by atoms with van der Waals surface area (Å²) >= 11 is 0. The SMILES string of the molecule is CCCCCCCNC(=O)c1cc2ccc(-c3ccccc3)cc2o1. The Bertz CT molecular complexity index is 820. The predicted molar refractivity (Wildman–Crippen MR) is 103 cm³/mol. The van der Waals surface area contributed by atoms with Gasteiger partial charge in [-0.3, -0.25) is 4.79 Å². The van der Waals surface area contributed by atoms with Crippen LogP contribution in [0.1, 0.15) is 49.6 Å². The van der Waals surface area contributed by atoms with E-state index in [1.807, 2.05) is 36.4 Å². The first-order valence-corrected chi connectivity index (χ1v) is 9.15. The molecule has 3 rings (SSSR count). The van der Waals surface area contributed by atoms with E-state index >= 15 is 0 Å². The zero-order valence-corrected chi connectivity index (χ0v) is 14.8. The van der Waals surface area contributed by atoms with Crippen molar-refractivity contribution in [1.82, 2.24) is 5.32 Å². The Morgan fingerprint density at radius 2 is 1.72 bits per heavy atom. The number of furan rings is 1. The lowest BCUT2D eigenvalue weighted by atomic mass is 10.0. The lowest BCUT2D eigenvalue weighted by Crippen LogP contribution is -2.23. The van der Waals surface area contributed by atoms with Crippen molar-refractivity contribution in [2.75, 3.05) is 6.54 Å². The third-order valence-electron chi connectivity index (χ3n) is 4.42. The van der Waals surface area contributed by atoms with E-state index in [2.05, 4.69) is 30.4 Å². The Morgan fingerprint density at radius 1 is 0.920 bits per heavy atom. The third-order valence-corrected chi connectivity index (χ3v) is 4.42. The molecule has 1 aromatic heterocycles. The molecule has 0 radical (unpaired) electrons. The molecule has 0 bridgehead atoms. The number of nitrogens with one attached hydrogen (secondary N) is 1. The molecule has 0 aliphatic rings. The van der Waals surface area contributed by atoms with Crippen molar-refractivity contribution < 1.29 is 9.21 Å². The number of fused-ring (bicyclic) bond motifs is 1. The number of hydrogen-bond acceptors (Lipinski definition) is 2. The number of carbonyl (C=O) groups excluding carboxylic acids is 1. The molecule has 1 amide bonds. The van der Waals surface area contributed by atoms with Gasteiger partial charge in [-0.15, -0.1) is 0 Å². The second-order valence-corrected chi connectivity index (χ2v) is 6.40. The van der Waals surface area contributed by atoms with Crippen LogP contribution in [0.3, 0.4) is 0 Å². The minimum atomic E-state index is -0.132. The maximum atomic E-state index is 12.3. The monoisotopic (exact) mass is 335 g/mol. The summed E-state index contributed by atoms with van der Waals surface area (Å²) in [6.07, 6.45) is 5.91. The molecule has 0 aliphatic heterocycles. The topological polar surface area (TPSA) is 42.2 Å². The van der Waals surface area contributed by atoms with Crippen molar-refractivity contribution in [2.24, 2.45) is 0 Å². The van der Waals surface area contributed by atoms with E-state index in [9.17, 15) is 4.79 Å². The maximum absolute atomic E-state index is 12.3. The fourth-order valence-electron chi connectivity index (χ4n) is 2.97. The smallest absolute Gasteiger partial charge is 0.287 e. The standard InChI is InChI=1S/C22H25NO2/c1-2-3-4-5-9-14-23-22(24)21-16-19-13-12-18(15-20(19)25-21)17-10-7-6-8-11-17/h6-8,10-13,15-16H,2-5,9,14H2,1H3,(H,23,24). The molecule has 0 unspecified atom stereocenters. The van der Waals surface area contributed by atoms with Crippen LogP contribution < -0.4 is 5.32 Å². The van der Waals surface area contributed by atoms with Crippen molar-refractivity contribution >= 4 is 16.9 Å². The minimum absolute atomic E-state index is 0.132. The summed E-state index contributed by atoms with van der Waals surface area (Å²) in [6, 6.07) is 18.0. The highest BCUT2D eigenvalue weighted by Gasteiger charge is 2.12. The van der Waals surface area contributed by atoms with Crippen LogP contribution in [0.25, 0.3) is 22.1 Å².